The van der Waals surface area contributed by atoms with Crippen LogP contribution < -0.4 is 14.8 Å². The molecule has 4 aromatic rings. The van der Waals surface area contributed by atoms with Crippen molar-refractivity contribution in [3.8, 4) is 16.9 Å². The Kier molecular flexibility index (Phi) is 7.50. The fourth-order valence-corrected chi connectivity index (χ4v) is 6.84. The van der Waals surface area contributed by atoms with Crippen molar-refractivity contribution in [3.05, 3.63) is 72.6 Å². The van der Waals surface area contributed by atoms with E-state index < -0.39 is 10.0 Å². The molecule has 0 bridgehead atoms. The van der Waals surface area contributed by atoms with Gasteiger partial charge in [0.1, 0.15) is 11.4 Å². The molecule has 1 aliphatic heterocycles. The SMILES string of the molecule is COc1cccc(NC(=O)Cc2cc3c(-c4ccc(S(=O)(=O)NC5CCSCC5)cc4)ccnc3[nH]2)c1. The number of fused-ring (bicyclic) bond motifs is 1. The molecule has 0 unspecified atom stereocenters. The standard InChI is InChI=1S/C27H28N4O4S2/c1-35-22-4-2-3-20(15-22)29-26(32)17-21-16-25-24(9-12-28-27(25)30-21)18-5-7-23(8-6-18)37(33,34)31-19-10-13-36-14-11-19/h2-9,12,15-16,19,31H,10-11,13-14,17H2,1H3,(H,28,30)(H,29,32). The molecule has 1 fully saturated rings. The molecular formula is C27H28N4O4S2. The molecule has 1 saturated heterocycles. The van der Waals surface area contributed by atoms with Crippen LogP contribution in [-0.4, -0.2) is 49.0 Å². The minimum Gasteiger partial charge on any atom is -0.497 e. The zero-order valence-electron chi connectivity index (χ0n) is 20.4. The highest BCUT2D eigenvalue weighted by Crippen LogP contribution is 2.29. The first-order chi connectivity index (χ1) is 17.9. The lowest BCUT2D eigenvalue weighted by Crippen LogP contribution is -2.37. The summed E-state index contributed by atoms with van der Waals surface area (Å²) in [5, 5.41) is 3.74. The van der Waals surface area contributed by atoms with Crippen molar-refractivity contribution in [2.75, 3.05) is 23.9 Å². The zero-order chi connectivity index (χ0) is 25.8. The number of hydrogen-bond donors (Lipinski definition) is 3. The topological polar surface area (TPSA) is 113 Å². The molecule has 1 aliphatic rings. The van der Waals surface area contributed by atoms with E-state index in [-0.39, 0.29) is 23.3 Å². The van der Waals surface area contributed by atoms with Gasteiger partial charge in [0.05, 0.1) is 18.4 Å². The Hall–Kier alpha value is -3.34. The Labute approximate surface area is 220 Å². The number of carbonyl (C=O) groups is 1. The fraction of sp³-hybridized carbons (Fsp3) is 0.259. The van der Waals surface area contributed by atoms with Gasteiger partial charge in [-0.25, -0.2) is 18.1 Å². The Morgan fingerprint density at radius 3 is 2.65 bits per heavy atom. The number of sulfonamides is 1. The van der Waals surface area contributed by atoms with Gasteiger partial charge in [0.25, 0.3) is 0 Å². The van der Waals surface area contributed by atoms with E-state index in [1.54, 1.807) is 37.6 Å². The third-order valence-corrected chi connectivity index (χ3v) is 8.90. The second-order valence-corrected chi connectivity index (χ2v) is 11.8. The molecule has 0 atom stereocenters. The van der Waals surface area contributed by atoms with Gasteiger partial charge in [-0.05, 0) is 71.9 Å². The number of aromatic nitrogens is 2. The predicted molar refractivity (Wildman–Crippen MR) is 148 cm³/mol. The van der Waals surface area contributed by atoms with Gasteiger partial charge in [0.15, 0.2) is 0 Å². The summed E-state index contributed by atoms with van der Waals surface area (Å²) in [6, 6.07) is 17.9. The van der Waals surface area contributed by atoms with E-state index in [1.165, 1.54) is 0 Å². The number of methoxy groups -OCH3 is 1. The van der Waals surface area contributed by atoms with Crippen molar-refractivity contribution in [1.29, 1.82) is 0 Å². The molecule has 3 N–H and O–H groups in total. The van der Waals surface area contributed by atoms with Crippen LogP contribution in [0.15, 0.2) is 71.8 Å². The van der Waals surface area contributed by atoms with Crippen LogP contribution in [-0.2, 0) is 21.2 Å². The third-order valence-electron chi connectivity index (χ3n) is 6.31. The van der Waals surface area contributed by atoms with Crippen LogP contribution in [0, 0.1) is 0 Å². The summed E-state index contributed by atoms with van der Waals surface area (Å²) >= 11 is 1.86. The molecule has 1 amide bonds. The Bertz CT molecular complexity index is 1510. The normalized spacial score (nSPS) is 14.5. The maximum absolute atomic E-state index is 12.9. The first-order valence-electron chi connectivity index (χ1n) is 12.0. The maximum atomic E-state index is 12.9. The predicted octanol–water partition coefficient (Wildman–Crippen LogP) is 4.59. The number of benzene rings is 2. The molecule has 192 valence electrons. The number of ether oxygens (including phenoxy) is 1. The van der Waals surface area contributed by atoms with Crippen molar-refractivity contribution < 1.29 is 17.9 Å². The number of nitrogens with one attached hydrogen (secondary N) is 3. The van der Waals surface area contributed by atoms with Gasteiger partial charge in [0, 0.05) is 35.1 Å². The summed E-state index contributed by atoms with van der Waals surface area (Å²) in [5.41, 5.74) is 3.82. The molecule has 2 aromatic carbocycles. The molecular weight excluding hydrogens is 508 g/mol. The molecule has 10 heteroatoms. The van der Waals surface area contributed by atoms with E-state index >= 15 is 0 Å². The van der Waals surface area contributed by atoms with E-state index in [9.17, 15) is 13.2 Å². The Morgan fingerprint density at radius 2 is 1.89 bits per heavy atom. The van der Waals surface area contributed by atoms with E-state index in [1.807, 2.05) is 48.2 Å². The highest BCUT2D eigenvalue weighted by Gasteiger charge is 2.22. The van der Waals surface area contributed by atoms with E-state index in [0.29, 0.717) is 17.1 Å². The van der Waals surface area contributed by atoms with Crippen LogP contribution >= 0.6 is 11.8 Å². The van der Waals surface area contributed by atoms with Crippen molar-refractivity contribution in [3.63, 3.8) is 0 Å². The molecule has 2 aromatic heterocycles. The number of amides is 1. The van der Waals surface area contributed by atoms with E-state index in [0.717, 1.165) is 46.6 Å². The van der Waals surface area contributed by atoms with Crippen LogP contribution in [0.3, 0.4) is 0 Å². The van der Waals surface area contributed by atoms with Crippen molar-refractivity contribution >= 4 is 44.4 Å². The number of carbonyl (C=O) groups excluding carboxylic acids is 1. The first kappa shape index (κ1) is 25.3. The number of pyridine rings is 1. The Morgan fingerprint density at radius 1 is 1.11 bits per heavy atom. The third kappa shape index (κ3) is 5.98. The number of rotatable bonds is 8. The van der Waals surface area contributed by atoms with Crippen LogP contribution in [0.1, 0.15) is 18.5 Å². The van der Waals surface area contributed by atoms with E-state index in [2.05, 4.69) is 20.0 Å². The second kappa shape index (κ2) is 11.0. The molecule has 0 spiro atoms. The summed E-state index contributed by atoms with van der Waals surface area (Å²) < 4.78 is 33.8. The summed E-state index contributed by atoms with van der Waals surface area (Å²) in [6.45, 7) is 0. The molecule has 0 radical (unpaired) electrons. The molecule has 0 saturated carbocycles. The largest absolute Gasteiger partial charge is 0.497 e. The van der Waals surface area contributed by atoms with Crippen LogP contribution in [0.2, 0.25) is 0 Å². The average Bonchev–Trinajstić information content (AvgIpc) is 3.31. The summed E-state index contributed by atoms with van der Waals surface area (Å²) in [4.78, 5) is 20.5. The molecule has 37 heavy (non-hydrogen) atoms. The van der Waals surface area contributed by atoms with Gasteiger partial charge in [-0.1, -0.05) is 18.2 Å². The van der Waals surface area contributed by atoms with Gasteiger partial charge >= 0.3 is 0 Å². The monoisotopic (exact) mass is 536 g/mol. The summed E-state index contributed by atoms with van der Waals surface area (Å²) in [6.07, 6.45) is 3.55. The number of hydrogen-bond acceptors (Lipinski definition) is 6. The average molecular weight is 537 g/mol. The van der Waals surface area contributed by atoms with Crippen molar-refractivity contribution in [2.24, 2.45) is 0 Å². The minimum atomic E-state index is -3.57. The Balaban J connectivity index is 1.32. The summed E-state index contributed by atoms with van der Waals surface area (Å²) in [7, 11) is -1.99. The van der Waals surface area contributed by atoms with Gasteiger partial charge in [-0.3, -0.25) is 4.79 Å². The zero-order valence-corrected chi connectivity index (χ0v) is 22.0. The lowest BCUT2D eigenvalue weighted by molar-refractivity contribution is -0.115. The second-order valence-electron chi connectivity index (χ2n) is 8.90. The lowest BCUT2D eigenvalue weighted by atomic mass is 10.0. The summed E-state index contributed by atoms with van der Waals surface area (Å²) in [5.74, 6) is 2.46. The quantitative estimate of drug-likeness (QED) is 0.304. The van der Waals surface area contributed by atoms with Crippen LogP contribution in [0.25, 0.3) is 22.2 Å². The highest BCUT2D eigenvalue weighted by atomic mass is 32.2. The number of H-pyrrole nitrogens is 1. The number of anilines is 1. The molecule has 0 aliphatic carbocycles. The number of nitrogens with zero attached hydrogens (tertiary/aromatic N) is 1. The smallest absolute Gasteiger partial charge is 0.240 e. The fourth-order valence-electron chi connectivity index (χ4n) is 4.42. The van der Waals surface area contributed by atoms with Crippen LogP contribution in [0.5, 0.6) is 5.75 Å². The van der Waals surface area contributed by atoms with Gasteiger partial charge < -0.3 is 15.0 Å². The minimum absolute atomic E-state index is 0.00912. The van der Waals surface area contributed by atoms with E-state index in [4.69, 9.17) is 4.74 Å². The molecule has 5 rings (SSSR count). The maximum Gasteiger partial charge on any atom is 0.240 e. The first-order valence-corrected chi connectivity index (χ1v) is 14.7. The van der Waals surface area contributed by atoms with Crippen molar-refractivity contribution in [1.82, 2.24) is 14.7 Å². The van der Waals surface area contributed by atoms with Gasteiger partial charge in [-0.2, -0.15) is 11.8 Å². The molecule has 3 heterocycles. The van der Waals surface area contributed by atoms with Crippen molar-refractivity contribution in [2.45, 2.75) is 30.2 Å². The lowest BCUT2D eigenvalue weighted by Gasteiger charge is -2.22. The molecule has 8 nitrogen and oxygen atoms in total. The number of thioether (sulfide) groups is 1. The van der Waals surface area contributed by atoms with Gasteiger partial charge in [-0.15, -0.1) is 0 Å². The number of aromatic amines is 1. The highest BCUT2D eigenvalue weighted by molar-refractivity contribution is 7.99. The van der Waals surface area contributed by atoms with Crippen LogP contribution in [0.4, 0.5) is 5.69 Å². The van der Waals surface area contributed by atoms with Gasteiger partial charge in [0.2, 0.25) is 15.9 Å².